The fourth-order valence-corrected chi connectivity index (χ4v) is 3.65. The minimum Gasteiger partial charge on any atom is -0.490 e. The van der Waals surface area contributed by atoms with Crippen LogP contribution in [0.3, 0.4) is 0 Å². The van der Waals surface area contributed by atoms with Crippen LogP contribution in [0.4, 0.5) is 0 Å². The number of aryl methyl sites for hydroxylation is 1. The van der Waals surface area contributed by atoms with Crippen LogP contribution in [0.2, 0.25) is 0 Å². The molecule has 0 radical (unpaired) electrons. The molecule has 0 unspecified atom stereocenters. The van der Waals surface area contributed by atoms with Gasteiger partial charge in [0.1, 0.15) is 23.2 Å². The van der Waals surface area contributed by atoms with Crippen LogP contribution in [0.15, 0.2) is 33.9 Å². The predicted octanol–water partition coefficient (Wildman–Crippen LogP) is 2.65. The summed E-state index contributed by atoms with van der Waals surface area (Å²) in [7, 11) is 0. The van der Waals surface area contributed by atoms with E-state index in [4.69, 9.17) is 9.47 Å². The smallest absolute Gasteiger partial charge is 0.332 e. The molecule has 1 aliphatic rings. The lowest BCUT2D eigenvalue weighted by atomic mass is 10.1. The monoisotopic (exact) mass is 410 g/mol. The largest absolute Gasteiger partial charge is 0.490 e. The summed E-state index contributed by atoms with van der Waals surface area (Å²) in [4.78, 5) is 32.5. The number of ether oxygens (including phenoxy) is 2. The number of nitrogens with zero attached hydrogens (tertiary/aromatic N) is 3. The van der Waals surface area contributed by atoms with Crippen molar-refractivity contribution in [1.82, 2.24) is 19.1 Å². The highest BCUT2D eigenvalue weighted by Gasteiger charge is 2.16. The summed E-state index contributed by atoms with van der Waals surface area (Å²) >= 11 is 0. The third kappa shape index (κ3) is 3.95. The first kappa shape index (κ1) is 20.2. The fourth-order valence-electron chi connectivity index (χ4n) is 3.65. The van der Waals surface area contributed by atoms with Crippen molar-refractivity contribution in [1.29, 1.82) is 0 Å². The Labute approximate surface area is 173 Å². The van der Waals surface area contributed by atoms with Crippen molar-refractivity contribution >= 4 is 23.3 Å². The zero-order valence-corrected chi connectivity index (χ0v) is 17.3. The molecule has 0 spiro atoms. The van der Waals surface area contributed by atoms with Gasteiger partial charge in [-0.3, -0.25) is 13.9 Å². The highest BCUT2D eigenvalue weighted by molar-refractivity contribution is 5.75. The van der Waals surface area contributed by atoms with E-state index in [0.29, 0.717) is 30.1 Å². The second-order valence-corrected chi connectivity index (χ2v) is 7.23. The molecule has 1 N–H and O–H groups in total. The number of imidazole rings is 1. The van der Waals surface area contributed by atoms with Crippen molar-refractivity contribution in [2.24, 2.45) is 0 Å². The molecule has 0 amide bonds. The van der Waals surface area contributed by atoms with Crippen LogP contribution in [-0.2, 0) is 17.8 Å². The van der Waals surface area contributed by atoms with E-state index in [2.05, 4.69) is 9.97 Å². The van der Waals surface area contributed by atoms with Gasteiger partial charge in [0.15, 0.2) is 5.65 Å². The molecule has 1 aromatic carbocycles. The molecular formula is C22H26N4O4. The molecule has 0 atom stereocenters. The summed E-state index contributed by atoms with van der Waals surface area (Å²) in [5, 5.41) is 0. The lowest BCUT2D eigenvalue weighted by molar-refractivity contribution is 0.0256. The number of rotatable bonds is 6. The van der Waals surface area contributed by atoms with Gasteiger partial charge in [0.2, 0.25) is 0 Å². The number of nitrogens with one attached hydrogen (secondary N) is 1. The van der Waals surface area contributed by atoms with E-state index in [1.54, 1.807) is 13.0 Å². The van der Waals surface area contributed by atoms with Crippen LogP contribution < -0.4 is 16.0 Å². The molecule has 0 bridgehead atoms. The van der Waals surface area contributed by atoms with Gasteiger partial charge < -0.3 is 14.5 Å². The molecule has 8 nitrogen and oxygen atoms in total. The van der Waals surface area contributed by atoms with E-state index < -0.39 is 0 Å². The summed E-state index contributed by atoms with van der Waals surface area (Å²) < 4.78 is 14.1. The van der Waals surface area contributed by atoms with Crippen LogP contribution in [0.5, 0.6) is 5.75 Å². The quantitative estimate of drug-likeness (QED) is 0.675. The van der Waals surface area contributed by atoms with Crippen molar-refractivity contribution in [2.45, 2.75) is 45.9 Å². The molecule has 0 saturated carbocycles. The molecule has 0 aliphatic carbocycles. The molecule has 2 aromatic heterocycles. The second kappa shape index (κ2) is 8.71. The number of benzene rings is 1. The van der Waals surface area contributed by atoms with Crippen molar-refractivity contribution in [3.8, 4) is 5.75 Å². The molecule has 30 heavy (non-hydrogen) atoms. The Bertz CT molecular complexity index is 1160. The number of aromatic amines is 1. The second-order valence-electron chi connectivity index (χ2n) is 7.23. The molecular weight excluding hydrogens is 384 g/mol. The molecule has 1 saturated heterocycles. The van der Waals surface area contributed by atoms with Gasteiger partial charge in [0.05, 0.1) is 13.2 Å². The number of fused-ring (bicyclic) bond motifs is 1. The van der Waals surface area contributed by atoms with Crippen molar-refractivity contribution in [3.05, 3.63) is 56.5 Å². The topological polar surface area (TPSA) is 91.1 Å². The number of H-pyrrole nitrogens is 1. The number of aromatic nitrogens is 4. The molecule has 1 aliphatic heterocycles. The van der Waals surface area contributed by atoms with Crippen molar-refractivity contribution in [2.75, 3.05) is 13.2 Å². The average Bonchev–Trinajstić information content (AvgIpc) is 3.19. The van der Waals surface area contributed by atoms with Crippen LogP contribution in [-0.4, -0.2) is 38.4 Å². The highest BCUT2D eigenvalue weighted by atomic mass is 16.5. The summed E-state index contributed by atoms with van der Waals surface area (Å²) in [5.41, 5.74) is 1.03. The fraction of sp³-hybridized carbons (Fsp3) is 0.409. The summed E-state index contributed by atoms with van der Waals surface area (Å²) in [6, 6.07) is 7.84. The number of hydrogen-bond donors (Lipinski definition) is 1. The van der Waals surface area contributed by atoms with E-state index in [1.807, 2.05) is 37.3 Å². The van der Waals surface area contributed by atoms with Crippen LogP contribution in [0, 0.1) is 0 Å². The third-order valence-electron chi connectivity index (χ3n) is 5.30. The van der Waals surface area contributed by atoms with Gasteiger partial charge in [-0.25, -0.2) is 9.78 Å². The Balaban J connectivity index is 1.56. The van der Waals surface area contributed by atoms with Crippen LogP contribution in [0.25, 0.3) is 23.3 Å². The predicted molar refractivity (Wildman–Crippen MR) is 116 cm³/mol. The van der Waals surface area contributed by atoms with Crippen molar-refractivity contribution in [3.63, 3.8) is 0 Å². The molecule has 158 valence electrons. The minimum absolute atomic E-state index is 0.207. The Morgan fingerprint density at radius 3 is 2.47 bits per heavy atom. The van der Waals surface area contributed by atoms with Crippen LogP contribution >= 0.6 is 0 Å². The Morgan fingerprint density at radius 2 is 1.80 bits per heavy atom. The Morgan fingerprint density at radius 1 is 1.10 bits per heavy atom. The van der Waals surface area contributed by atoms with Gasteiger partial charge in [-0.2, -0.15) is 0 Å². The zero-order chi connectivity index (χ0) is 21.1. The van der Waals surface area contributed by atoms with Gasteiger partial charge >= 0.3 is 5.69 Å². The lowest BCUT2D eigenvalue weighted by Gasteiger charge is -2.23. The summed E-state index contributed by atoms with van der Waals surface area (Å²) in [6.45, 7) is 5.90. The first-order chi connectivity index (χ1) is 14.6. The maximum atomic E-state index is 12.6. The number of hydrogen-bond acceptors (Lipinski definition) is 5. The summed E-state index contributed by atoms with van der Waals surface area (Å²) in [6.07, 6.45) is 5.74. The van der Waals surface area contributed by atoms with Gasteiger partial charge in [0.25, 0.3) is 5.56 Å². The maximum Gasteiger partial charge on any atom is 0.332 e. The molecule has 4 rings (SSSR count). The molecule has 3 heterocycles. The first-order valence-electron chi connectivity index (χ1n) is 10.4. The Kier molecular flexibility index (Phi) is 5.85. The maximum absolute atomic E-state index is 12.6. The van der Waals surface area contributed by atoms with Crippen molar-refractivity contribution < 1.29 is 9.47 Å². The normalized spacial score (nSPS) is 15.3. The molecule has 8 heteroatoms. The van der Waals surface area contributed by atoms with Gasteiger partial charge in [-0.15, -0.1) is 0 Å². The zero-order valence-electron chi connectivity index (χ0n) is 17.3. The van der Waals surface area contributed by atoms with E-state index in [1.165, 1.54) is 9.13 Å². The van der Waals surface area contributed by atoms with E-state index in [9.17, 15) is 9.59 Å². The summed E-state index contributed by atoms with van der Waals surface area (Å²) in [5.74, 6) is 1.37. The van der Waals surface area contributed by atoms with Crippen LogP contribution in [0.1, 0.15) is 38.1 Å². The molecule has 1 fully saturated rings. The van der Waals surface area contributed by atoms with E-state index >= 15 is 0 Å². The first-order valence-corrected chi connectivity index (χ1v) is 10.4. The van der Waals surface area contributed by atoms with Gasteiger partial charge in [-0.05, 0) is 37.6 Å². The SMILES string of the molecule is CCn1c(=O)c2[nH]c(C=Cc3ccc(OC4CCOCC4)cc3)nc2n(CC)c1=O. The Hall–Kier alpha value is -3.13. The molecule has 3 aromatic rings. The highest BCUT2D eigenvalue weighted by Crippen LogP contribution is 2.19. The minimum atomic E-state index is -0.344. The standard InChI is InChI=1S/C22H26N4O4/c1-3-25-20-19(21(27)26(4-2)22(25)28)23-18(24-20)10-7-15-5-8-16(9-6-15)30-17-11-13-29-14-12-17/h5-10,17H,3-4,11-14H2,1-2H3,(H,23,24). The lowest BCUT2D eigenvalue weighted by Crippen LogP contribution is -2.39. The third-order valence-corrected chi connectivity index (χ3v) is 5.30. The van der Waals surface area contributed by atoms with Gasteiger partial charge in [0, 0.05) is 25.9 Å². The average molecular weight is 410 g/mol. The van der Waals surface area contributed by atoms with E-state index in [0.717, 1.165) is 37.4 Å². The van der Waals surface area contributed by atoms with E-state index in [-0.39, 0.29) is 17.4 Å². The van der Waals surface area contributed by atoms with Gasteiger partial charge in [-0.1, -0.05) is 18.2 Å².